The molecule has 1 aliphatic rings. The molecule has 5 heteroatoms. The van der Waals surface area contributed by atoms with Crippen molar-refractivity contribution in [3.05, 3.63) is 59.8 Å². The molecule has 1 atom stereocenters. The average Bonchev–Trinajstić information content (AvgIpc) is 2.74. The molecule has 0 unspecified atom stereocenters. The van der Waals surface area contributed by atoms with Gasteiger partial charge in [-0.3, -0.25) is 4.79 Å². The number of piperazine rings is 1. The lowest BCUT2D eigenvalue weighted by molar-refractivity contribution is -0.130. The van der Waals surface area contributed by atoms with Crippen LogP contribution in [0.25, 0.3) is 0 Å². The highest BCUT2D eigenvalue weighted by molar-refractivity contribution is 5.78. The highest BCUT2D eigenvalue weighted by Crippen LogP contribution is 2.22. The minimum absolute atomic E-state index is 0.177. The van der Waals surface area contributed by atoms with Gasteiger partial charge in [0.15, 0.2) is 0 Å². The van der Waals surface area contributed by atoms with E-state index in [1.165, 1.54) is 11.1 Å². The fourth-order valence-electron chi connectivity index (χ4n) is 3.73. The molecule has 0 spiro atoms. The lowest BCUT2D eigenvalue weighted by Gasteiger charge is -2.36. The van der Waals surface area contributed by atoms with Crippen molar-refractivity contribution in [3.8, 4) is 0 Å². The van der Waals surface area contributed by atoms with Crippen molar-refractivity contribution in [2.24, 2.45) is 5.92 Å². The van der Waals surface area contributed by atoms with E-state index in [-0.39, 0.29) is 11.9 Å². The van der Waals surface area contributed by atoms with Gasteiger partial charge in [-0.15, -0.1) is 0 Å². The van der Waals surface area contributed by atoms with E-state index in [1.54, 1.807) is 0 Å². The molecule has 5 nitrogen and oxygen atoms in total. The highest BCUT2D eigenvalue weighted by Gasteiger charge is 2.23. The number of pyridine rings is 1. The van der Waals surface area contributed by atoms with Gasteiger partial charge in [-0.1, -0.05) is 51.1 Å². The minimum atomic E-state index is 0.177. The lowest BCUT2D eigenvalue weighted by Crippen LogP contribution is -2.51. The number of carbonyl (C=O) groups is 1. The Balaban J connectivity index is 1.52. The number of nitrogens with one attached hydrogen (secondary N) is 1. The van der Waals surface area contributed by atoms with E-state index >= 15 is 0 Å². The molecule has 1 saturated heterocycles. The van der Waals surface area contributed by atoms with E-state index in [9.17, 15) is 4.79 Å². The molecule has 3 rings (SSSR count). The first-order chi connectivity index (χ1) is 13.6. The van der Waals surface area contributed by atoms with Crippen LogP contribution in [0.15, 0.2) is 48.7 Å². The summed E-state index contributed by atoms with van der Waals surface area (Å²) in [7, 11) is 0. The van der Waals surface area contributed by atoms with Crippen LogP contribution >= 0.6 is 0 Å². The number of benzene rings is 1. The van der Waals surface area contributed by atoms with Crippen LogP contribution in [0, 0.1) is 5.92 Å². The fraction of sp³-hybridized carbons (Fsp3) is 0.478. The average molecular weight is 381 g/mol. The second-order valence-electron chi connectivity index (χ2n) is 7.75. The van der Waals surface area contributed by atoms with Gasteiger partial charge in [0, 0.05) is 38.4 Å². The highest BCUT2D eigenvalue weighted by atomic mass is 16.2. The number of nitrogens with zero attached hydrogens (tertiary/aromatic N) is 3. The minimum Gasteiger partial charge on any atom is -0.353 e. The number of rotatable bonds is 7. The quantitative estimate of drug-likeness (QED) is 0.801. The Morgan fingerprint density at radius 1 is 1.07 bits per heavy atom. The van der Waals surface area contributed by atoms with Gasteiger partial charge in [0.1, 0.15) is 5.82 Å². The predicted molar refractivity (Wildman–Crippen MR) is 114 cm³/mol. The number of carbonyl (C=O) groups excluding carboxylic acids is 1. The zero-order valence-corrected chi connectivity index (χ0v) is 17.3. The molecule has 1 aromatic carbocycles. The molecule has 0 radical (unpaired) electrons. The van der Waals surface area contributed by atoms with E-state index in [4.69, 9.17) is 0 Å². The van der Waals surface area contributed by atoms with Crippen molar-refractivity contribution in [1.82, 2.24) is 15.2 Å². The van der Waals surface area contributed by atoms with Gasteiger partial charge in [-0.25, -0.2) is 4.98 Å². The van der Waals surface area contributed by atoms with Gasteiger partial charge in [-0.2, -0.15) is 0 Å². The zero-order valence-electron chi connectivity index (χ0n) is 17.3. The summed E-state index contributed by atoms with van der Waals surface area (Å²) >= 11 is 0. The topological polar surface area (TPSA) is 48.5 Å². The molecular weight excluding hydrogens is 348 g/mol. The Labute approximate surface area is 168 Å². The first-order valence-corrected chi connectivity index (χ1v) is 10.3. The summed E-state index contributed by atoms with van der Waals surface area (Å²) in [6, 6.07) is 14.9. The summed E-state index contributed by atoms with van der Waals surface area (Å²) < 4.78 is 0. The number of hydrogen-bond donors (Lipinski definition) is 1. The molecule has 0 saturated carbocycles. The Kier molecular flexibility index (Phi) is 7.04. The summed E-state index contributed by atoms with van der Waals surface area (Å²) in [5.74, 6) is 1.58. The summed E-state index contributed by atoms with van der Waals surface area (Å²) in [6.45, 7) is 10.1. The number of amides is 1. The Morgan fingerprint density at radius 3 is 2.36 bits per heavy atom. The van der Waals surface area contributed by atoms with Crippen molar-refractivity contribution in [2.45, 2.75) is 33.2 Å². The van der Waals surface area contributed by atoms with Crippen molar-refractivity contribution in [2.75, 3.05) is 37.6 Å². The number of aryl methyl sites for hydroxylation is 1. The third-order valence-electron chi connectivity index (χ3n) is 5.49. The van der Waals surface area contributed by atoms with E-state index in [0.29, 0.717) is 12.5 Å². The predicted octanol–water partition coefficient (Wildman–Crippen LogP) is 3.28. The lowest BCUT2D eigenvalue weighted by atomic mass is 9.95. The normalized spacial score (nSPS) is 15.7. The third kappa shape index (κ3) is 5.10. The molecular formula is C23H32N4O. The second kappa shape index (κ2) is 9.69. The van der Waals surface area contributed by atoms with Gasteiger partial charge in [0.2, 0.25) is 5.91 Å². The van der Waals surface area contributed by atoms with Crippen molar-refractivity contribution < 1.29 is 4.79 Å². The van der Waals surface area contributed by atoms with Crippen LogP contribution in [0.1, 0.15) is 37.9 Å². The first kappa shape index (κ1) is 20.3. The molecule has 1 amide bonds. The maximum atomic E-state index is 12.7. The largest absolute Gasteiger partial charge is 0.353 e. The summed E-state index contributed by atoms with van der Waals surface area (Å²) in [6.07, 6.45) is 2.86. The smallest absolute Gasteiger partial charge is 0.236 e. The van der Waals surface area contributed by atoms with Crippen LogP contribution in [0.2, 0.25) is 0 Å². The molecule has 2 heterocycles. The van der Waals surface area contributed by atoms with Gasteiger partial charge in [-0.05, 0) is 35.6 Å². The molecule has 28 heavy (non-hydrogen) atoms. The van der Waals surface area contributed by atoms with Gasteiger partial charge >= 0.3 is 0 Å². The Morgan fingerprint density at radius 2 is 1.79 bits per heavy atom. The summed E-state index contributed by atoms with van der Waals surface area (Å²) in [5, 5.41) is 3.50. The van der Waals surface area contributed by atoms with Crippen LogP contribution in [-0.2, 0) is 11.2 Å². The van der Waals surface area contributed by atoms with Crippen molar-refractivity contribution in [3.63, 3.8) is 0 Å². The van der Waals surface area contributed by atoms with Gasteiger partial charge in [0.25, 0.3) is 0 Å². The summed E-state index contributed by atoms with van der Waals surface area (Å²) in [5.41, 5.74) is 2.59. The van der Waals surface area contributed by atoms with Crippen LogP contribution in [-0.4, -0.2) is 48.5 Å². The first-order valence-electron chi connectivity index (χ1n) is 10.3. The zero-order chi connectivity index (χ0) is 19.9. The Hall–Kier alpha value is -2.40. The third-order valence-corrected chi connectivity index (χ3v) is 5.49. The standard InChI is InChI=1S/C23H32N4O/c1-4-19-8-10-20(11-9-19)23(18(2)3)25-17-22(28)27-15-13-26(14-16-27)21-7-5-6-12-24-21/h5-12,18,23,25H,4,13-17H2,1-3H3/t23-/m0/s1. The van der Waals surface area contributed by atoms with Crippen LogP contribution < -0.4 is 10.2 Å². The maximum absolute atomic E-state index is 12.7. The van der Waals surface area contributed by atoms with E-state index in [2.05, 4.69) is 60.2 Å². The van der Waals surface area contributed by atoms with Crippen molar-refractivity contribution in [1.29, 1.82) is 0 Å². The summed E-state index contributed by atoms with van der Waals surface area (Å²) in [4.78, 5) is 21.3. The molecule has 0 aliphatic carbocycles. The van der Waals surface area contributed by atoms with E-state index in [0.717, 1.165) is 38.4 Å². The molecule has 1 fully saturated rings. The molecule has 1 aromatic heterocycles. The molecule has 1 aliphatic heterocycles. The maximum Gasteiger partial charge on any atom is 0.236 e. The van der Waals surface area contributed by atoms with E-state index in [1.807, 2.05) is 29.3 Å². The van der Waals surface area contributed by atoms with Gasteiger partial charge < -0.3 is 15.1 Å². The second-order valence-corrected chi connectivity index (χ2v) is 7.75. The molecule has 0 bridgehead atoms. The number of anilines is 1. The van der Waals surface area contributed by atoms with E-state index < -0.39 is 0 Å². The van der Waals surface area contributed by atoms with Crippen LogP contribution in [0.5, 0.6) is 0 Å². The molecule has 150 valence electrons. The van der Waals surface area contributed by atoms with Gasteiger partial charge in [0.05, 0.1) is 6.54 Å². The van der Waals surface area contributed by atoms with Crippen LogP contribution in [0.4, 0.5) is 5.82 Å². The van der Waals surface area contributed by atoms with Crippen molar-refractivity contribution >= 4 is 11.7 Å². The fourth-order valence-corrected chi connectivity index (χ4v) is 3.73. The molecule has 1 N–H and O–H groups in total. The number of hydrogen-bond acceptors (Lipinski definition) is 4. The molecule has 2 aromatic rings. The van der Waals surface area contributed by atoms with Crippen LogP contribution in [0.3, 0.4) is 0 Å². The monoisotopic (exact) mass is 380 g/mol. The number of aromatic nitrogens is 1. The Bertz CT molecular complexity index is 737. The SMILES string of the molecule is CCc1ccc([C@@H](NCC(=O)N2CCN(c3ccccn3)CC2)C(C)C)cc1.